The van der Waals surface area contributed by atoms with Crippen LogP contribution < -0.4 is 10.6 Å². The van der Waals surface area contributed by atoms with Crippen LogP contribution in [0.1, 0.15) is 32.1 Å². The first-order valence-electron chi connectivity index (χ1n) is 6.21. The van der Waals surface area contributed by atoms with Crippen molar-refractivity contribution >= 4 is 15.7 Å². The van der Waals surface area contributed by atoms with Crippen LogP contribution in [0.2, 0.25) is 0 Å². The molecule has 0 heterocycles. The molecule has 1 amide bonds. The van der Waals surface area contributed by atoms with Crippen molar-refractivity contribution in [3.63, 3.8) is 0 Å². The number of hydrogen-bond donors (Lipinski definition) is 2. The van der Waals surface area contributed by atoms with E-state index in [2.05, 4.69) is 10.6 Å². The molecule has 0 aromatic rings. The second kappa shape index (κ2) is 4.94. The fourth-order valence-corrected chi connectivity index (χ4v) is 4.43. The fourth-order valence-electron chi connectivity index (χ4n) is 2.47. The Morgan fingerprint density at radius 1 is 1.24 bits per heavy atom. The van der Waals surface area contributed by atoms with Crippen molar-refractivity contribution in [3.8, 4) is 0 Å². The van der Waals surface area contributed by atoms with Crippen molar-refractivity contribution in [2.24, 2.45) is 0 Å². The molecular weight excluding hydrogens is 240 g/mol. The Morgan fingerprint density at radius 2 is 1.94 bits per heavy atom. The maximum absolute atomic E-state index is 12.1. The average molecular weight is 260 g/mol. The van der Waals surface area contributed by atoms with Gasteiger partial charge in [0.05, 0.1) is 5.25 Å². The third kappa shape index (κ3) is 3.19. The normalized spacial score (nSPS) is 29.2. The highest BCUT2D eigenvalue weighted by molar-refractivity contribution is 7.92. The molecule has 0 spiro atoms. The van der Waals surface area contributed by atoms with E-state index >= 15 is 0 Å². The summed E-state index contributed by atoms with van der Waals surface area (Å²) in [4.78, 5) is 11.6. The van der Waals surface area contributed by atoms with Gasteiger partial charge in [0.25, 0.3) is 0 Å². The minimum absolute atomic E-state index is 0.00808. The summed E-state index contributed by atoms with van der Waals surface area (Å²) in [7, 11) is -1.53. The second-order valence-corrected chi connectivity index (χ2v) is 7.23. The van der Waals surface area contributed by atoms with Gasteiger partial charge in [-0.1, -0.05) is 6.42 Å². The van der Waals surface area contributed by atoms with Gasteiger partial charge in [0.2, 0.25) is 5.91 Å². The first kappa shape index (κ1) is 12.8. The van der Waals surface area contributed by atoms with E-state index in [1.807, 2.05) is 0 Å². The van der Waals surface area contributed by atoms with Crippen LogP contribution in [0.25, 0.3) is 0 Å². The minimum Gasteiger partial charge on any atom is -0.352 e. The number of carbonyl (C=O) groups is 1. The van der Waals surface area contributed by atoms with Gasteiger partial charge >= 0.3 is 0 Å². The summed E-state index contributed by atoms with van der Waals surface area (Å²) in [5.74, 6) is -0.693. The van der Waals surface area contributed by atoms with Gasteiger partial charge in [0.1, 0.15) is 5.75 Å². The Labute approximate surface area is 102 Å². The molecule has 0 aliphatic heterocycles. The molecule has 2 N–H and O–H groups in total. The lowest BCUT2D eigenvalue weighted by atomic mass is 10.2. The standard InChI is InChI=1S/C11H20N2O3S/c1-12-9-3-2-4-10(9)17(15,16)7-11(14)13-8-5-6-8/h8-10,12H,2-7H2,1H3,(H,13,14). The van der Waals surface area contributed by atoms with Crippen LogP contribution >= 0.6 is 0 Å². The van der Waals surface area contributed by atoms with Gasteiger partial charge in [0.15, 0.2) is 9.84 Å². The smallest absolute Gasteiger partial charge is 0.235 e. The number of nitrogens with one attached hydrogen (secondary N) is 2. The van der Waals surface area contributed by atoms with Crippen molar-refractivity contribution in [3.05, 3.63) is 0 Å². The molecule has 2 atom stereocenters. The summed E-state index contributed by atoms with van der Waals surface area (Å²) in [6.45, 7) is 0. The van der Waals surface area contributed by atoms with Crippen LogP contribution in [0.15, 0.2) is 0 Å². The lowest BCUT2D eigenvalue weighted by Crippen LogP contribution is -2.42. The SMILES string of the molecule is CNC1CCCC1S(=O)(=O)CC(=O)NC1CC1. The highest BCUT2D eigenvalue weighted by Crippen LogP contribution is 2.26. The number of sulfone groups is 1. The fraction of sp³-hybridized carbons (Fsp3) is 0.909. The Kier molecular flexibility index (Phi) is 3.73. The topological polar surface area (TPSA) is 75.3 Å². The predicted octanol–water partition coefficient (Wildman–Crippen LogP) is -0.180. The van der Waals surface area contributed by atoms with Crippen molar-refractivity contribution < 1.29 is 13.2 Å². The Bertz CT molecular complexity index is 390. The highest BCUT2D eigenvalue weighted by Gasteiger charge is 2.38. The Morgan fingerprint density at radius 3 is 2.53 bits per heavy atom. The molecule has 0 bridgehead atoms. The molecule has 0 radical (unpaired) electrons. The molecule has 17 heavy (non-hydrogen) atoms. The molecule has 2 rings (SSSR count). The monoisotopic (exact) mass is 260 g/mol. The van der Waals surface area contributed by atoms with E-state index in [4.69, 9.17) is 0 Å². The molecule has 2 saturated carbocycles. The number of amides is 1. The van der Waals surface area contributed by atoms with Crippen molar-refractivity contribution in [2.75, 3.05) is 12.8 Å². The number of rotatable bonds is 5. The van der Waals surface area contributed by atoms with E-state index in [0.29, 0.717) is 6.42 Å². The molecule has 0 aromatic carbocycles. The molecule has 2 fully saturated rings. The van der Waals surface area contributed by atoms with E-state index in [0.717, 1.165) is 25.7 Å². The van der Waals surface area contributed by atoms with Gasteiger partial charge in [-0.2, -0.15) is 0 Å². The van der Waals surface area contributed by atoms with Gasteiger partial charge in [-0.05, 0) is 32.7 Å². The Hall–Kier alpha value is -0.620. The van der Waals surface area contributed by atoms with E-state index < -0.39 is 15.1 Å². The third-order valence-corrected chi connectivity index (χ3v) is 5.71. The first-order chi connectivity index (χ1) is 8.03. The average Bonchev–Trinajstić information content (AvgIpc) is 2.92. The lowest BCUT2D eigenvalue weighted by Gasteiger charge is -2.19. The van der Waals surface area contributed by atoms with Crippen molar-refractivity contribution in [1.29, 1.82) is 0 Å². The molecular formula is C11H20N2O3S. The van der Waals surface area contributed by atoms with Crippen molar-refractivity contribution in [1.82, 2.24) is 10.6 Å². The van der Waals surface area contributed by atoms with Crippen molar-refractivity contribution in [2.45, 2.75) is 49.4 Å². The van der Waals surface area contributed by atoms with E-state index in [1.54, 1.807) is 7.05 Å². The molecule has 98 valence electrons. The Balaban J connectivity index is 1.94. The lowest BCUT2D eigenvalue weighted by molar-refractivity contribution is -0.118. The molecule has 2 aliphatic rings. The largest absolute Gasteiger partial charge is 0.352 e. The number of hydrogen-bond acceptors (Lipinski definition) is 4. The van der Waals surface area contributed by atoms with E-state index in [1.165, 1.54) is 0 Å². The summed E-state index contributed by atoms with van der Waals surface area (Å²) in [5.41, 5.74) is 0. The van der Waals surface area contributed by atoms with Crippen LogP contribution in [0, 0.1) is 0 Å². The van der Waals surface area contributed by atoms with Crippen LogP contribution in [-0.2, 0) is 14.6 Å². The minimum atomic E-state index is -3.31. The quantitative estimate of drug-likeness (QED) is 0.719. The van der Waals surface area contributed by atoms with Crippen LogP contribution in [0.3, 0.4) is 0 Å². The second-order valence-electron chi connectivity index (χ2n) is 5.01. The molecule has 6 heteroatoms. The van der Waals surface area contributed by atoms with Gasteiger partial charge in [-0.15, -0.1) is 0 Å². The summed E-state index contributed by atoms with van der Waals surface area (Å²) in [5, 5.41) is 5.37. The maximum Gasteiger partial charge on any atom is 0.235 e. The molecule has 0 saturated heterocycles. The molecule has 2 aliphatic carbocycles. The number of carbonyl (C=O) groups excluding carboxylic acids is 1. The zero-order chi connectivity index (χ0) is 12.5. The molecule has 0 aromatic heterocycles. The van der Waals surface area contributed by atoms with E-state index in [-0.39, 0.29) is 23.7 Å². The maximum atomic E-state index is 12.1. The van der Waals surface area contributed by atoms with Gasteiger partial charge in [-0.3, -0.25) is 4.79 Å². The van der Waals surface area contributed by atoms with Gasteiger partial charge in [0, 0.05) is 12.1 Å². The summed E-state index contributed by atoms with van der Waals surface area (Å²) in [6, 6.07) is 0.232. The molecule has 5 nitrogen and oxygen atoms in total. The first-order valence-corrected chi connectivity index (χ1v) is 7.92. The van der Waals surface area contributed by atoms with Crippen LogP contribution in [0.4, 0.5) is 0 Å². The molecule has 2 unspecified atom stereocenters. The predicted molar refractivity (Wildman–Crippen MR) is 65.4 cm³/mol. The highest BCUT2D eigenvalue weighted by atomic mass is 32.2. The zero-order valence-electron chi connectivity index (χ0n) is 10.1. The summed E-state index contributed by atoms with van der Waals surface area (Å²) >= 11 is 0. The van der Waals surface area contributed by atoms with Crippen LogP contribution in [0.5, 0.6) is 0 Å². The van der Waals surface area contributed by atoms with Gasteiger partial charge < -0.3 is 10.6 Å². The summed E-state index contributed by atoms with van der Waals surface area (Å²) in [6.07, 6.45) is 4.43. The van der Waals surface area contributed by atoms with Gasteiger partial charge in [-0.25, -0.2) is 8.42 Å². The van der Waals surface area contributed by atoms with E-state index in [9.17, 15) is 13.2 Å². The summed E-state index contributed by atoms with van der Waals surface area (Å²) < 4.78 is 24.2. The third-order valence-electron chi connectivity index (χ3n) is 3.56. The van der Waals surface area contributed by atoms with Crippen LogP contribution in [-0.4, -0.2) is 44.5 Å². The zero-order valence-corrected chi connectivity index (χ0v) is 10.9.